The number of aliphatic hydroxyl groups is 1. The number of fused-ring (bicyclic) bond motifs is 1. The average Bonchev–Trinajstić information content (AvgIpc) is 3.26. The molecule has 0 bridgehead atoms. The summed E-state index contributed by atoms with van der Waals surface area (Å²) in [5, 5.41) is 18.9. The third-order valence-corrected chi connectivity index (χ3v) is 4.21. The SMILES string of the molecule is Cc1noc(CN2CCn3nc([C@@H](O)c4nccn4C)cc3C2)n1. The molecule has 0 unspecified atom stereocenters. The van der Waals surface area contributed by atoms with Crippen LogP contribution in [0, 0.1) is 6.92 Å². The quantitative estimate of drug-likeness (QED) is 0.740. The van der Waals surface area contributed by atoms with Gasteiger partial charge in [0.2, 0.25) is 5.89 Å². The molecular weight excluding hydrogens is 310 g/mol. The molecule has 126 valence electrons. The lowest BCUT2D eigenvalue weighted by atomic mass is 10.2. The molecule has 9 heteroatoms. The molecule has 1 atom stereocenters. The van der Waals surface area contributed by atoms with Crippen molar-refractivity contribution in [1.29, 1.82) is 0 Å². The molecule has 0 amide bonds. The van der Waals surface area contributed by atoms with E-state index < -0.39 is 6.10 Å². The Morgan fingerprint density at radius 3 is 2.96 bits per heavy atom. The van der Waals surface area contributed by atoms with E-state index in [2.05, 4.69) is 25.1 Å². The van der Waals surface area contributed by atoms with Gasteiger partial charge in [-0.15, -0.1) is 0 Å². The van der Waals surface area contributed by atoms with Crippen molar-refractivity contribution in [1.82, 2.24) is 34.4 Å². The molecule has 1 N–H and O–H groups in total. The zero-order chi connectivity index (χ0) is 16.7. The van der Waals surface area contributed by atoms with Crippen molar-refractivity contribution in [2.45, 2.75) is 32.7 Å². The molecular formula is C15H19N7O2. The van der Waals surface area contributed by atoms with Gasteiger partial charge >= 0.3 is 0 Å². The maximum atomic E-state index is 10.5. The first kappa shape index (κ1) is 15.0. The summed E-state index contributed by atoms with van der Waals surface area (Å²) in [7, 11) is 1.86. The van der Waals surface area contributed by atoms with Crippen molar-refractivity contribution in [3.05, 3.63) is 47.4 Å². The Balaban J connectivity index is 1.50. The molecule has 0 aliphatic carbocycles. The van der Waals surface area contributed by atoms with E-state index in [1.807, 2.05) is 30.9 Å². The number of imidazole rings is 1. The average molecular weight is 329 g/mol. The van der Waals surface area contributed by atoms with Crippen LogP contribution in [0.4, 0.5) is 0 Å². The van der Waals surface area contributed by atoms with Crippen LogP contribution in [0.25, 0.3) is 0 Å². The Hall–Kier alpha value is -2.52. The minimum Gasteiger partial charge on any atom is -0.379 e. The van der Waals surface area contributed by atoms with E-state index in [9.17, 15) is 5.11 Å². The van der Waals surface area contributed by atoms with Gasteiger partial charge in [0.05, 0.1) is 24.5 Å². The highest BCUT2D eigenvalue weighted by atomic mass is 16.5. The number of aliphatic hydroxyl groups excluding tert-OH is 1. The van der Waals surface area contributed by atoms with Crippen LogP contribution in [-0.2, 0) is 26.7 Å². The molecule has 4 heterocycles. The summed E-state index contributed by atoms with van der Waals surface area (Å²) in [6, 6.07) is 1.94. The van der Waals surface area contributed by atoms with Gasteiger partial charge < -0.3 is 14.2 Å². The minimum atomic E-state index is -0.824. The molecule has 0 saturated heterocycles. The van der Waals surface area contributed by atoms with Crippen LogP contribution in [-0.4, -0.2) is 46.0 Å². The number of rotatable bonds is 4. The number of nitrogens with zero attached hydrogens (tertiary/aromatic N) is 7. The third kappa shape index (κ3) is 2.72. The summed E-state index contributed by atoms with van der Waals surface area (Å²) >= 11 is 0. The molecule has 9 nitrogen and oxygen atoms in total. The van der Waals surface area contributed by atoms with E-state index in [4.69, 9.17) is 4.52 Å². The second-order valence-corrected chi connectivity index (χ2v) is 6.03. The maximum absolute atomic E-state index is 10.5. The second kappa shape index (κ2) is 5.84. The molecule has 1 aliphatic heterocycles. The van der Waals surface area contributed by atoms with Crippen LogP contribution in [0.3, 0.4) is 0 Å². The van der Waals surface area contributed by atoms with Crippen molar-refractivity contribution >= 4 is 0 Å². The van der Waals surface area contributed by atoms with Gasteiger partial charge in [-0.25, -0.2) is 4.98 Å². The summed E-state index contributed by atoms with van der Waals surface area (Å²) in [4.78, 5) is 10.7. The van der Waals surface area contributed by atoms with E-state index >= 15 is 0 Å². The van der Waals surface area contributed by atoms with Crippen LogP contribution in [0.15, 0.2) is 23.0 Å². The van der Waals surface area contributed by atoms with Crippen molar-refractivity contribution in [3.63, 3.8) is 0 Å². The van der Waals surface area contributed by atoms with Crippen LogP contribution in [0.5, 0.6) is 0 Å². The second-order valence-electron chi connectivity index (χ2n) is 6.03. The highest BCUT2D eigenvalue weighted by molar-refractivity contribution is 5.19. The zero-order valence-corrected chi connectivity index (χ0v) is 13.6. The first-order chi connectivity index (χ1) is 11.6. The summed E-state index contributed by atoms with van der Waals surface area (Å²) in [5.74, 6) is 1.85. The van der Waals surface area contributed by atoms with Gasteiger partial charge in [-0.2, -0.15) is 10.1 Å². The van der Waals surface area contributed by atoms with Crippen LogP contribution in [0.1, 0.15) is 35.0 Å². The first-order valence-corrected chi connectivity index (χ1v) is 7.83. The van der Waals surface area contributed by atoms with Gasteiger partial charge in [0.1, 0.15) is 5.82 Å². The molecule has 1 aliphatic rings. The van der Waals surface area contributed by atoms with E-state index in [-0.39, 0.29) is 0 Å². The molecule has 0 fully saturated rings. The van der Waals surface area contributed by atoms with Crippen LogP contribution < -0.4 is 0 Å². The van der Waals surface area contributed by atoms with Gasteiger partial charge in [-0.1, -0.05) is 5.16 Å². The fraction of sp³-hybridized carbons (Fsp3) is 0.467. The third-order valence-electron chi connectivity index (χ3n) is 4.21. The highest BCUT2D eigenvalue weighted by Gasteiger charge is 2.24. The Morgan fingerprint density at radius 2 is 2.25 bits per heavy atom. The standard InChI is InChI=1S/C15H19N7O2/c1-10-17-13(24-19-10)9-21-5-6-22-11(8-21)7-12(18-22)14(23)15-16-3-4-20(15)2/h3-4,7,14,23H,5-6,8-9H2,1-2H3/t14-/m1/s1. The molecule has 3 aromatic rings. The first-order valence-electron chi connectivity index (χ1n) is 7.83. The fourth-order valence-electron chi connectivity index (χ4n) is 2.98. The van der Waals surface area contributed by atoms with Gasteiger partial charge in [0, 0.05) is 32.5 Å². The molecule has 24 heavy (non-hydrogen) atoms. The summed E-state index contributed by atoms with van der Waals surface area (Å²) < 4.78 is 8.92. The van der Waals surface area contributed by atoms with Gasteiger partial charge in [-0.05, 0) is 13.0 Å². The van der Waals surface area contributed by atoms with Crippen LogP contribution >= 0.6 is 0 Å². The van der Waals surface area contributed by atoms with E-state index in [1.165, 1.54) is 0 Å². The molecule has 0 radical (unpaired) electrons. The van der Waals surface area contributed by atoms with Crippen molar-refractivity contribution in [3.8, 4) is 0 Å². The number of hydrogen-bond donors (Lipinski definition) is 1. The van der Waals surface area contributed by atoms with Gasteiger partial charge in [0.15, 0.2) is 11.9 Å². The molecule has 0 spiro atoms. The predicted molar refractivity (Wildman–Crippen MR) is 82.6 cm³/mol. The normalized spacial score (nSPS) is 16.3. The van der Waals surface area contributed by atoms with Crippen molar-refractivity contribution in [2.24, 2.45) is 7.05 Å². The minimum absolute atomic E-state index is 0.587. The Bertz CT molecular complexity index is 850. The topological polar surface area (TPSA) is 98.0 Å². The summed E-state index contributed by atoms with van der Waals surface area (Å²) in [6.07, 6.45) is 2.65. The lowest BCUT2D eigenvalue weighted by Gasteiger charge is -2.25. The zero-order valence-electron chi connectivity index (χ0n) is 13.6. The van der Waals surface area contributed by atoms with E-state index in [1.54, 1.807) is 10.8 Å². The lowest BCUT2D eigenvalue weighted by molar-refractivity contribution is 0.178. The number of hydrogen-bond acceptors (Lipinski definition) is 7. The molecule has 4 rings (SSSR count). The van der Waals surface area contributed by atoms with E-state index in [0.717, 1.165) is 25.3 Å². The maximum Gasteiger partial charge on any atom is 0.240 e. The Labute approximate surface area is 138 Å². The highest BCUT2D eigenvalue weighted by Crippen LogP contribution is 2.23. The molecule has 3 aromatic heterocycles. The van der Waals surface area contributed by atoms with Crippen molar-refractivity contribution in [2.75, 3.05) is 6.54 Å². The fourth-order valence-corrected chi connectivity index (χ4v) is 2.98. The molecule has 0 saturated carbocycles. The van der Waals surface area contributed by atoms with Crippen LogP contribution in [0.2, 0.25) is 0 Å². The summed E-state index contributed by atoms with van der Waals surface area (Å²) in [6.45, 7) is 4.75. The molecule has 0 aromatic carbocycles. The summed E-state index contributed by atoms with van der Waals surface area (Å²) in [5.41, 5.74) is 1.68. The van der Waals surface area contributed by atoms with E-state index in [0.29, 0.717) is 29.8 Å². The van der Waals surface area contributed by atoms with Gasteiger partial charge in [0.25, 0.3) is 0 Å². The lowest BCUT2D eigenvalue weighted by Crippen LogP contribution is -2.33. The Morgan fingerprint density at radius 1 is 1.38 bits per heavy atom. The monoisotopic (exact) mass is 329 g/mol. The smallest absolute Gasteiger partial charge is 0.240 e. The number of aromatic nitrogens is 6. The largest absolute Gasteiger partial charge is 0.379 e. The Kier molecular flexibility index (Phi) is 3.66. The van der Waals surface area contributed by atoms with Crippen molar-refractivity contribution < 1.29 is 9.63 Å². The van der Waals surface area contributed by atoms with Gasteiger partial charge in [-0.3, -0.25) is 9.58 Å². The predicted octanol–water partition coefficient (Wildman–Crippen LogP) is 0.406. The number of aryl methyl sites for hydroxylation is 2.